The predicted octanol–water partition coefficient (Wildman–Crippen LogP) is 11.3. The van der Waals surface area contributed by atoms with Crippen LogP contribution in [0.5, 0.6) is 11.5 Å². The van der Waals surface area contributed by atoms with Gasteiger partial charge in [-0.15, -0.1) is 35.7 Å². The van der Waals surface area contributed by atoms with E-state index in [1.54, 1.807) is 0 Å². The van der Waals surface area contributed by atoms with Gasteiger partial charge in [0.15, 0.2) is 0 Å². The molecule has 0 fully saturated rings. The van der Waals surface area contributed by atoms with Crippen molar-refractivity contribution in [3.63, 3.8) is 0 Å². The van der Waals surface area contributed by atoms with Crippen molar-refractivity contribution in [2.75, 3.05) is 0 Å². The summed E-state index contributed by atoms with van der Waals surface area (Å²) >= 11 is 0. The molecule has 250 valence electrons. The van der Waals surface area contributed by atoms with Crippen LogP contribution in [0.25, 0.3) is 44.4 Å². The largest absolute Gasteiger partial charge is 2.00 e. The molecule has 49 heavy (non-hydrogen) atoms. The van der Waals surface area contributed by atoms with Crippen LogP contribution in [-0.2, 0) is 26.5 Å². The van der Waals surface area contributed by atoms with Crippen LogP contribution < -0.4 is 4.74 Å². The van der Waals surface area contributed by atoms with Crippen molar-refractivity contribution in [3.05, 3.63) is 132 Å². The van der Waals surface area contributed by atoms with E-state index in [1.807, 2.05) is 18.3 Å². The van der Waals surface area contributed by atoms with Crippen LogP contribution in [0, 0.1) is 19.1 Å². The average Bonchev–Trinajstić information content (AvgIpc) is 3.62. The molecular formula is C43H42N4OPt. The number of benzene rings is 4. The quantitative estimate of drug-likeness (QED) is 0.150. The number of aromatic nitrogens is 4. The van der Waals surface area contributed by atoms with Crippen LogP contribution in [0.3, 0.4) is 0 Å². The first-order valence-corrected chi connectivity index (χ1v) is 16.8. The summed E-state index contributed by atoms with van der Waals surface area (Å²) in [4.78, 5) is 4.82. The number of hydrogen-bond acceptors (Lipinski definition) is 3. The third kappa shape index (κ3) is 6.49. The fourth-order valence-corrected chi connectivity index (χ4v) is 6.60. The van der Waals surface area contributed by atoms with Crippen molar-refractivity contribution in [1.29, 1.82) is 0 Å². The topological polar surface area (TPSA) is 44.9 Å². The molecule has 0 saturated carbocycles. The monoisotopic (exact) mass is 825 g/mol. The number of aryl methyl sites for hydroxylation is 1. The van der Waals surface area contributed by atoms with E-state index in [0.717, 1.165) is 44.6 Å². The van der Waals surface area contributed by atoms with Gasteiger partial charge in [0.05, 0.1) is 11.4 Å². The van der Waals surface area contributed by atoms with Crippen molar-refractivity contribution >= 4 is 21.8 Å². The van der Waals surface area contributed by atoms with E-state index in [0.29, 0.717) is 11.5 Å². The van der Waals surface area contributed by atoms with Gasteiger partial charge in [0, 0.05) is 28.8 Å². The minimum Gasteiger partial charge on any atom is -0.509 e. The molecule has 4 aromatic carbocycles. The van der Waals surface area contributed by atoms with Gasteiger partial charge in [-0.3, -0.25) is 4.68 Å². The summed E-state index contributed by atoms with van der Waals surface area (Å²) in [7, 11) is 0. The van der Waals surface area contributed by atoms with Crippen LogP contribution in [0.4, 0.5) is 0 Å². The molecule has 0 amide bonds. The van der Waals surface area contributed by atoms with Crippen LogP contribution in [0.15, 0.2) is 97.2 Å². The molecule has 6 heteroatoms. The fourth-order valence-electron chi connectivity index (χ4n) is 6.60. The molecule has 0 bridgehead atoms. The number of pyridine rings is 1. The Kier molecular flexibility index (Phi) is 9.44. The summed E-state index contributed by atoms with van der Waals surface area (Å²) in [6.07, 6.45) is 1.90. The van der Waals surface area contributed by atoms with Gasteiger partial charge in [-0.05, 0) is 57.7 Å². The minimum absolute atomic E-state index is 0. The van der Waals surface area contributed by atoms with Crippen molar-refractivity contribution in [1.82, 2.24) is 19.3 Å². The van der Waals surface area contributed by atoms with Crippen LogP contribution in [0.1, 0.15) is 82.8 Å². The normalized spacial score (nSPS) is 11.9. The second kappa shape index (κ2) is 13.4. The fraction of sp³-hybridized carbons (Fsp3) is 0.256. The Morgan fingerprint density at radius 1 is 0.755 bits per heavy atom. The Labute approximate surface area is 304 Å². The molecule has 0 aliphatic rings. The van der Waals surface area contributed by atoms with Gasteiger partial charge in [0.2, 0.25) is 0 Å². The standard InChI is InChI=1S/C43H42N4O.Pt/c1-27(2)41-40(30-14-10-9-11-15-30)42(28(3)4)47(45-41)32-22-29(5)23-34(25-32)48-33-18-19-36-35-16-12-13-17-37(35)46(38(36)26-33)39-24-31(20-21-44-39)43(6,7)8;/h9-24,27-28H,1-8H3;/q-2;+2. The number of fused-ring (bicyclic) bond motifs is 3. The summed E-state index contributed by atoms with van der Waals surface area (Å²) in [6, 6.07) is 38.7. The summed E-state index contributed by atoms with van der Waals surface area (Å²) in [5, 5.41) is 7.46. The van der Waals surface area contributed by atoms with E-state index in [4.69, 9.17) is 14.8 Å². The second-order valence-corrected chi connectivity index (χ2v) is 14.3. The van der Waals surface area contributed by atoms with Crippen molar-refractivity contribution in [2.45, 2.75) is 72.6 Å². The smallest absolute Gasteiger partial charge is 0.509 e. The Hall–Kier alpha value is -4.47. The summed E-state index contributed by atoms with van der Waals surface area (Å²) in [5.41, 5.74) is 9.78. The predicted molar refractivity (Wildman–Crippen MR) is 197 cm³/mol. The third-order valence-corrected chi connectivity index (χ3v) is 8.92. The van der Waals surface area contributed by atoms with Crippen molar-refractivity contribution in [3.8, 4) is 34.1 Å². The van der Waals surface area contributed by atoms with E-state index in [1.165, 1.54) is 22.4 Å². The molecule has 0 N–H and O–H groups in total. The maximum atomic E-state index is 6.58. The van der Waals surface area contributed by atoms with Crippen LogP contribution >= 0.6 is 0 Å². The first kappa shape index (κ1) is 34.4. The zero-order valence-corrected chi connectivity index (χ0v) is 31.7. The molecule has 7 aromatic rings. The molecule has 0 unspecified atom stereocenters. The van der Waals surface area contributed by atoms with Gasteiger partial charge < -0.3 is 9.30 Å². The number of rotatable bonds is 7. The van der Waals surface area contributed by atoms with Gasteiger partial charge >= 0.3 is 21.1 Å². The van der Waals surface area contributed by atoms with E-state index in [9.17, 15) is 0 Å². The van der Waals surface area contributed by atoms with Crippen molar-refractivity contribution < 1.29 is 25.8 Å². The number of para-hydroxylation sites is 1. The Morgan fingerprint density at radius 2 is 1.49 bits per heavy atom. The van der Waals surface area contributed by atoms with Crippen LogP contribution in [0.2, 0.25) is 0 Å². The molecule has 3 heterocycles. The third-order valence-electron chi connectivity index (χ3n) is 8.92. The first-order valence-electron chi connectivity index (χ1n) is 16.8. The SMILES string of the molecule is Cc1cc(Oc2[c-]c3c(cc2)c2ccccc2n3-c2cc(C(C)(C)C)ccn2)[c-]c(-n2nc(C(C)C)c(-c3ccccc3)c2C(C)C)c1.[Pt+2]. The van der Waals surface area contributed by atoms with Gasteiger partial charge in [0.25, 0.3) is 0 Å². The van der Waals surface area contributed by atoms with E-state index in [-0.39, 0.29) is 38.3 Å². The zero-order valence-electron chi connectivity index (χ0n) is 29.4. The Morgan fingerprint density at radius 3 is 2.20 bits per heavy atom. The van der Waals surface area contributed by atoms with Gasteiger partial charge in [-0.25, -0.2) is 4.98 Å². The summed E-state index contributed by atoms with van der Waals surface area (Å²) in [5.74, 6) is 2.59. The molecule has 0 radical (unpaired) electrons. The minimum atomic E-state index is -0.00501. The number of nitrogens with zero attached hydrogens (tertiary/aromatic N) is 4. The van der Waals surface area contributed by atoms with Crippen molar-refractivity contribution in [2.24, 2.45) is 0 Å². The summed E-state index contributed by atoms with van der Waals surface area (Å²) in [6.45, 7) is 17.6. The number of ether oxygens (including phenoxy) is 1. The molecule has 0 aliphatic heterocycles. The molecule has 0 atom stereocenters. The molecule has 0 spiro atoms. The molecule has 0 aliphatic carbocycles. The van der Waals surface area contributed by atoms with Crippen LogP contribution in [-0.4, -0.2) is 19.3 Å². The van der Waals surface area contributed by atoms with Gasteiger partial charge in [0.1, 0.15) is 5.82 Å². The average molecular weight is 826 g/mol. The summed E-state index contributed by atoms with van der Waals surface area (Å²) < 4.78 is 10.8. The maximum Gasteiger partial charge on any atom is 2.00 e. The maximum absolute atomic E-state index is 6.58. The molecule has 0 saturated heterocycles. The van der Waals surface area contributed by atoms with E-state index < -0.39 is 0 Å². The molecule has 7 rings (SSSR count). The van der Waals surface area contributed by atoms with E-state index >= 15 is 0 Å². The number of hydrogen-bond donors (Lipinski definition) is 0. The molecule has 5 nitrogen and oxygen atoms in total. The Bertz CT molecular complexity index is 2270. The van der Waals surface area contributed by atoms with Gasteiger partial charge in [-0.1, -0.05) is 109 Å². The zero-order chi connectivity index (χ0) is 33.7. The Balaban J connectivity index is 0.00000417. The second-order valence-electron chi connectivity index (χ2n) is 14.3. The first-order chi connectivity index (χ1) is 23.0. The van der Waals surface area contributed by atoms with E-state index in [2.05, 4.69) is 156 Å². The van der Waals surface area contributed by atoms with Gasteiger partial charge in [-0.2, -0.15) is 16.7 Å². The molecular weight excluding hydrogens is 784 g/mol. The molecule has 3 aromatic heterocycles.